The average molecular weight is 562 g/mol. The van der Waals surface area contributed by atoms with Crippen molar-refractivity contribution in [2.75, 3.05) is 51.3 Å². The summed E-state index contributed by atoms with van der Waals surface area (Å²) in [7, 11) is 0. The van der Waals surface area contributed by atoms with Gasteiger partial charge in [-0.25, -0.2) is 13.8 Å². The molecule has 2 aliphatic heterocycles. The summed E-state index contributed by atoms with van der Waals surface area (Å²) >= 11 is 0. The third kappa shape index (κ3) is 6.25. The van der Waals surface area contributed by atoms with Gasteiger partial charge in [-0.1, -0.05) is 6.07 Å². The lowest BCUT2D eigenvalue weighted by Crippen LogP contribution is -2.56. The Labute approximate surface area is 239 Å². The Morgan fingerprint density at radius 1 is 1.00 bits per heavy atom. The second kappa shape index (κ2) is 11.4. The van der Waals surface area contributed by atoms with Crippen LogP contribution in [0.15, 0.2) is 48.8 Å². The topological polar surface area (TPSA) is 70.5 Å². The molecule has 2 aromatic heterocycles. The number of halogens is 2. The number of ether oxygens (including phenoxy) is 1. The molecule has 216 valence electrons. The fourth-order valence-electron chi connectivity index (χ4n) is 5.72. The highest BCUT2D eigenvalue weighted by Crippen LogP contribution is 2.26. The molecule has 2 aliphatic rings. The van der Waals surface area contributed by atoms with Gasteiger partial charge in [0.2, 0.25) is 5.95 Å². The minimum atomic E-state index is -0.569. The number of benzene rings is 2. The van der Waals surface area contributed by atoms with Gasteiger partial charge in [-0.15, -0.1) is 0 Å². The predicted molar refractivity (Wildman–Crippen MR) is 157 cm³/mol. The molecule has 0 unspecified atom stereocenters. The van der Waals surface area contributed by atoms with Crippen molar-refractivity contribution in [3.05, 3.63) is 77.1 Å². The van der Waals surface area contributed by atoms with E-state index >= 15 is 8.78 Å². The van der Waals surface area contributed by atoms with Crippen molar-refractivity contribution in [1.29, 1.82) is 0 Å². The first-order valence-corrected chi connectivity index (χ1v) is 14.2. The van der Waals surface area contributed by atoms with Crippen LogP contribution in [0.4, 0.5) is 20.4 Å². The number of aryl methyl sites for hydroxylation is 1. The molecule has 0 atom stereocenters. The Balaban J connectivity index is 1.23. The molecule has 4 aromatic rings. The number of morpholine rings is 1. The van der Waals surface area contributed by atoms with E-state index in [0.717, 1.165) is 37.3 Å². The zero-order valence-electron chi connectivity index (χ0n) is 23.9. The number of anilines is 2. The predicted octanol–water partition coefficient (Wildman–Crippen LogP) is 4.77. The van der Waals surface area contributed by atoms with Gasteiger partial charge in [0.25, 0.3) is 0 Å². The zero-order valence-corrected chi connectivity index (χ0v) is 23.9. The molecule has 0 radical (unpaired) electrons. The van der Waals surface area contributed by atoms with Crippen LogP contribution >= 0.6 is 0 Å². The Morgan fingerprint density at radius 2 is 1.78 bits per heavy atom. The normalized spacial score (nSPS) is 18.2. The summed E-state index contributed by atoms with van der Waals surface area (Å²) in [6.07, 6.45) is 3.48. The SMILES string of the molecule is Cc1ccc(Nc2ncc3ccn(-c4cc(F)c(CN5CCOCC5)c(F)c4)c3n2)cc1CN1CCNC(C)(C)C1. The fraction of sp³-hybridized carbons (Fsp3) is 0.419. The number of nitrogens with zero attached hydrogens (tertiary/aromatic N) is 5. The third-order valence-electron chi connectivity index (χ3n) is 7.97. The van der Waals surface area contributed by atoms with Crippen LogP contribution in [-0.2, 0) is 17.8 Å². The van der Waals surface area contributed by atoms with Crippen LogP contribution in [0.5, 0.6) is 0 Å². The fourth-order valence-corrected chi connectivity index (χ4v) is 5.72. The largest absolute Gasteiger partial charge is 0.379 e. The van der Waals surface area contributed by atoms with Gasteiger partial charge < -0.3 is 19.9 Å². The maximum absolute atomic E-state index is 15.1. The number of rotatable bonds is 7. The van der Waals surface area contributed by atoms with Crippen LogP contribution in [-0.4, -0.2) is 75.8 Å². The van der Waals surface area contributed by atoms with E-state index < -0.39 is 11.6 Å². The standard InChI is InChI=1S/C31H37F2N7O/c1-21-4-5-24(14-23(21)18-39-9-7-35-31(2,3)20-39)36-30-34-17-22-6-8-40(29(22)37-30)25-15-27(32)26(28(33)16-25)19-38-10-12-41-13-11-38/h4-6,8,14-17,35H,7,9-13,18-20H2,1-3H3,(H,34,36,37). The second-order valence-corrected chi connectivity index (χ2v) is 11.7. The zero-order chi connectivity index (χ0) is 28.6. The molecule has 2 fully saturated rings. The molecule has 6 rings (SSSR count). The summed E-state index contributed by atoms with van der Waals surface area (Å²) in [5.41, 5.74) is 4.48. The number of nitrogens with one attached hydrogen (secondary N) is 2. The summed E-state index contributed by atoms with van der Waals surface area (Å²) in [5, 5.41) is 7.68. The van der Waals surface area contributed by atoms with Crippen molar-refractivity contribution < 1.29 is 13.5 Å². The highest BCUT2D eigenvalue weighted by atomic mass is 19.1. The number of hydrogen-bond acceptors (Lipinski definition) is 7. The van der Waals surface area contributed by atoms with Gasteiger partial charge in [-0.05, 0) is 62.2 Å². The van der Waals surface area contributed by atoms with Crippen LogP contribution in [0, 0.1) is 18.6 Å². The van der Waals surface area contributed by atoms with E-state index in [1.54, 1.807) is 17.0 Å². The molecule has 4 heterocycles. The lowest BCUT2D eigenvalue weighted by Gasteiger charge is -2.39. The van der Waals surface area contributed by atoms with Gasteiger partial charge in [-0.3, -0.25) is 9.80 Å². The molecule has 2 aromatic carbocycles. The van der Waals surface area contributed by atoms with E-state index in [2.05, 4.69) is 53.4 Å². The molecular formula is C31H37F2N7O. The van der Waals surface area contributed by atoms with E-state index in [1.165, 1.54) is 23.3 Å². The van der Waals surface area contributed by atoms with Crippen LogP contribution in [0.3, 0.4) is 0 Å². The number of aromatic nitrogens is 3. The molecule has 41 heavy (non-hydrogen) atoms. The molecular weight excluding hydrogens is 524 g/mol. The average Bonchev–Trinajstić information content (AvgIpc) is 3.36. The minimum Gasteiger partial charge on any atom is -0.379 e. The first-order chi connectivity index (χ1) is 19.7. The summed E-state index contributed by atoms with van der Waals surface area (Å²) in [6.45, 7) is 13.1. The first-order valence-electron chi connectivity index (χ1n) is 14.2. The molecule has 0 bridgehead atoms. The van der Waals surface area contributed by atoms with Gasteiger partial charge in [0.05, 0.1) is 18.9 Å². The lowest BCUT2D eigenvalue weighted by molar-refractivity contribution is 0.0332. The minimum absolute atomic E-state index is 0.0728. The van der Waals surface area contributed by atoms with E-state index in [0.29, 0.717) is 43.6 Å². The number of fused-ring (bicyclic) bond motifs is 1. The van der Waals surface area contributed by atoms with Crippen molar-refractivity contribution in [3.8, 4) is 5.69 Å². The van der Waals surface area contributed by atoms with Gasteiger partial charge >= 0.3 is 0 Å². The van der Waals surface area contributed by atoms with E-state index in [4.69, 9.17) is 9.72 Å². The maximum atomic E-state index is 15.1. The number of hydrogen-bond donors (Lipinski definition) is 2. The van der Waals surface area contributed by atoms with Crippen molar-refractivity contribution in [3.63, 3.8) is 0 Å². The van der Waals surface area contributed by atoms with E-state index in [9.17, 15) is 0 Å². The summed E-state index contributed by atoms with van der Waals surface area (Å²) < 4.78 is 37.3. The summed E-state index contributed by atoms with van der Waals surface area (Å²) in [6, 6.07) is 10.9. The van der Waals surface area contributed by atoms with Crippen molar-refractivity contribution in [1.82, 2.24) is 29.7 Å². The highest BCUT2D eigenvalue weighted by molar-refractivity contribution is 5.79. The quantitative estimate of drug-likeness (QED) is 0.337. The van der Waals surface area contributed by atoms with Crippen molar-refractivity contribution >= 4 is 22.7 Å². The van der Waals surface area contributed by atoms with Gasteiger partial charge in [-0.2, -0.15) is 4.98 Å². The molecule has 2 N–H and O–H groups in total. The van der Waals surface area contributed by atoms with Crippen LogP contribution in [0.2, 0.25) is 0 Å². The van der Waals surface area contributed by atoms with Gasteiger partial charge in [0.1, 0.15) is 17.3 Å². The number of piperazine rings is 1. The van der Waals surface area contributed by atoms with Crippen molar-refractivity contribution in [2.45, 2.75) is 39.4 Å². The Morgan fingerprint density at radius 3 is 2.54 bits per heavy atom. The van der Waals surface area contributed by atoms with Crippen molar-refractivity contribution in [2.24, 2.45) is 0 Å². The molecule has 0 saturated carbocycles. The van der Waals surface area contributed by atoms with E-state index in [-0.39, 0.29) is 17.6 Å². The molecule has 10 heteroatoms. The van der Waals surface area contributed by atoms with Crippen LogP contribution < -0.4 is 10.6 Å². The lowest BCUT2D eigenvalue weighted by atomic mass is 10.0. The summed E-state index contributed by atoms with van der Waals surface area (Å²) in [4.78, 5) is 13.7. The van der Waals surface area contributed by atoms with Crippen LogP contribution in [0.1, 0.15) is 30.5 Å². The van der Waals surface area contributed by atoms with Gasteiger partial charge in [0, 0.05) is 80.4 Å². The molecule has 0 spiro atoms. The Kier molecular flexibility index (Phi) is 7.74. The van der Waals surface area contributed by atoms with Crippen LogP contribution in [0.25, 0.3) is 16.7 Å². The van der Waals surface area contributed by atoms with E-state index in [1.807, 2.05) is 17.0 Å². The highest BCUT2D eigenvalue weighted by Gasteiger charge is 2.26. The summed E-state index contributed by atoms with van der Waals surface area (Å²) in [5.74, 6) is -0.720. The Hall–Kier alpha value is -3.44. The molecule has 0 aliphatic carbocycles. The third-order valence-corrected chi connectivity index (χ3v) is 7.97. The monoisotopic (exact) mass is 561 g/mol. The Bertz CT molecular complexity index is 1520. The second-order valence-electron chi connectivity index (χ2n) is 11.7. The first kappa shape index (κ1) is 27.7. The smallest absolute Gasteiger partial charge is 0.229 e. The molecule has 8 nitrogen and oxygen atoms in total. The molecule has 0 amide bonds. The molecule has 2 saturated heterocycles. The maximum Gasteiger partial charge on any atom is 0.229 e. The van der Waals surface area contributed by atoms with Gasteiger partial charge in [0.15, 0.2) is 0 Å².